The zero-order valence-electron chi connectivity index (χ0n) is 16.6. The molecule has 154 valence electrons. The maximum atomic E-state index is 12.5. The number of hydrogen-bond donors (Lipinski definition) is 2. The van der Waals surface area contributed by atoms with E-state index in [4.69, 9.17) is 4.74 Å². The second-order valence-electron chi connectivity index (χ2n) is 7.04. The molecule has 1 aromatic carbocycles. The first-order chi connectivity index (χ1) is 14.6. The number of para-hydroxylation sites is 1. The van der Waals surface area contributed by atoms with Crippen LogP contribution in [0.15, 0.2) is 47.5 Å². The van der Waals surface area contributed by atoms with Gasteiger partial charge in [0.05, 0.1) is 30.2 Å². The van der Waals surface area contributed by atoms with E-state index >= 15 is 0 Å². The van der Waals surface area contributed by atoms with E-state index in [9.17, 15) is 9.59 Å². The molecule has 30 heavy (non-hydrogen) atoms. The van der Waals surface area contributed by atoms with E-state index in [2.05, 4.69) is 30.2 Å². The van der Waals surface area contributed by atoms with Gasteiger partial charge < -0.3 is 15.0 Å². The molecule has 2 N–H and O–H groups in total. The number of carbonyl (C=O) groups excluding carboxylic acids is 1. The minimum Gasteiger partial charge on any atom is -0.424 e. The summed E-state index contributed by atoms with van der Waals surface area (Å²) in [6, 6.07) is 9.34. The third kappa shape index (κ3) is 4.62. The molecule has 1 amide bonds. The van der Waals surface area contributed by atoms with Crippen LogP contribution < -0.4 is 20.5 Å². The Morgan fingerprint density at radius 3 is 2.53 bits per heavy atom. The predicted octanol–water partition coefficient (Wildman–Crippen LogP) is 2.44. The van der Waals surface area contributed by atoms with Crippen molar-refractivity contribution < 1.29 is 9.53 Å². The molecule has 0 bridgehead atoms. The summed E-state index contributed by atoms with van der Waals surface area (Å²) >= 11 is 0. The summed E-state index contributed by atoms with van der Waals surface area (Å²) in [5, 5.41) is 2.70. The van der Waals surface area contributed by atoms with Crippen molar-refractivity contribution in [1.29, 1.82) is 0 Å². The van der Waals surface area contributed by atoms with E-state index in [0.717, 1.165) is 25.9 Å². The van der Waals surface area contributed by atoms with Crippen molar-refractivity contribution in [2.75, 3.05) is 23.3 Å². The van der Waals surface area contributed by atoms with Gasteiger partial charge in [-0.3, -0.25) is 14.6 Å². The van der Waals surface area contributed by atoms with Crippen LogP contribution in [0, 0.1) is 6.92 Å². The van der Waals surface area contributed by atoms with Crippen LogP contribution in [0.2, 0.25) is 0 Å². The number of ether oxygens (including phenoxy) is 1. The molecule has 0 saturated carbocycles. The Balaban J connectivity index is 1.39. The number of aromatic amines is 1. The van der Waals surface area contributed by atoms with Gasteiger partial charge in [-0.25, -0.2) is 15.0 Å². The van der Waals surface area contributed by atoms with Gasteiger partial charge in [0.1, 0.15) is 5.75 Å². The SMILES string of the molecule is Cc1nc(N2CCCC2)[nH]c(=O)c1CC(=O)Nc1cnc(Oc2ccccc2)nc1. The van der Waals surface area contributed by atoms with Gasteiger partial charge >= 0.3 is 6.01 Å². The topological polar surface area (TPSA) is 113 Å². The molecular formula is C21H22N6O3. The number of nitrogens with zero attached hydrogens (tertiary/aromatic N) is 4. The number of hydrogen-bond acceptors (Lipinski definition) is 7. The molecule has 0 radical (unpaired) electrons. The maximum Gasteiger partial charge on any atom is 0.322 e. The molecule has 1 saturated heterocycles. The molecule has 3 heterocycles. The molecule has 3 aromatic rings. The second kappa shape index (κ2) is 8.73. The van der Waals surface area contributed by atoms with Crippen molar-refractivity contribution in [3.63, 3.8) is 0 Å². The summed E-state index contributed by atoms with van der Waals surface area (Å²) in [5.41, 5.74) is 1.03. The van der Waals surface area contributed by atoms with Crippen molar-refractivity contribution in [2.24, 2.45) is 0 Å². The van der Waals surface area contributed by atoms with Crippen molar-refractivity contribution in [1.82, 2.24) is 19.9 Å². The minimum absolute atomic E-state index is 0.0866. The number of benzene rings is 1. The molecule has 9 nitrogen and oxygen atoms in total. The monoisotopic (exact) mass is 406 g/mol. The number of aromatic nitrogens is 4. The number of anilines is 2. The first kappa shape index (κ1) is 19.6. The first-order valence-electron chi connectivity index (χ1n) is 9.78. The highest BCUT2D eigenvalue weighted by molar-refractivity contribution is 5.92. The first-order valence-corrected chi connectivity index (χ1v) is 9.78. The fraction of sp³-hybridized carbons (Fsp3) is 0.286. The third-order valence-corrected chi connectivity index (χ3v) is 4.82. The summed E-state index contributed by atoms with van der Waals surface area (Å²) in [4.78, 5) is 42.4. The summed E-state index contributed by atoms with van der Waals surface area (Å²) in [5.74, 6) is 0.843. The Kier molecular flexibility index (Phi) is 5.69. The zero-order valence-corrected chi connectivity index (χ0v) is 16.6. The number of rotatable bonds is 6. The van der Waals surface area contributed by atoms with Crippen molar-refractivity contribution in [3.8, 4) is 11.8 Å². The molecule has 9 heteroatoms. The van der Waals surface area contributed by atoms with Gasteiger partial charge in [0.25, 0.3) is 5.56 Å². The van der Waals surface area contributed by atoms with E-state index in [-0.39, 0.29) is 23.9 Å². The lowest BCUT2D eigenvalue weighted by molar-refractivity contribution is -0.115. The average molecular weight is 406 g/mol. The van der Waals surface area contributed by atoms with E-state index < -0.39 is 0 Å². The molecule has 1 fully saturated rings. The van der Waals surface area contributed by atoms with Gasteiger partial charge in [0, 0.05) is 18.7 Å². The number of nitrogens with one attached hydrogen (secondary N) is 2. The molecular weight excluding hydrogens is 384 g/mol. The van der Waals surface area contributed by atoms with Crippen LogP contribution in [-0.4, -0.2) is 38.9 Å². The number of H-pyrrole nitrogens is 1. The van der Waals surface area contributed by atoms with Crippen LogP contribution >= 0.6 is 0 Å². The van der Waals surface area contributed by atoms with Crippen LogP contribution in [0.5, 0.6) is 11.8 Å². The Bertz CT molecular complexity index is 1080. The van der Waals surface area contributed by atoms with Crippen LogP contribution in [0.4, 0.5) is 11.6 Å². The molecule has 0 aliphatic carbocycles. The smallest absolute Gasteiger partial charge is 0.322 e. The normalized spacial score (nSPS) is 13.3. The lowest BCUT2D eigenvalue weighted by atomic mass is 10.1. The van der Waals surface area contributed by atoms with Gasteiger partial charge in [0.15, 0.2) is 0 Å². The summed E-state index contributed by atoms with van der Waals surface area (Å²) in [7, 11) is 0. The number of aryl methyl sites for hydroxylation is 1. The standard InChI is InChI=1S/C21H22N6O3/c1-14-17(19(29)26-20(24-14)27-9-5-6-10-27)11-18(28)25-15-12-22-21(23-13-15)30-16-7-3-2-4-8-16/h2-4,7-8,12-13H,5-6,9-11H2,1H3,(H,25,28)(H,24,26,29). The molecule has 1 aliphatic rings. The molecule has 0 unspecified atom stereocenters. The van der Waals surface area contributed by atoms with Crippen LogP contribution in [0.1, 0.15) is 24.1 Å². The lowest BCUT2D eigenvalue weighted by Gasteiger charge is -2.17. The predicted molar refractivity (Wildman–Crippen MR) is 112 cm³/mol. The summed E-state index contributed by atoms with van der Waals surface area (Å²) in [6.07, 6.45) is 5.00. The van der Waals surface area contributed by atoms with Crippen LogP contribution in [0.25, 0.3) is 0 Å². The van der Waals surface area contributed by atoms with E-state index in [1.54, 1.807) is 19.1 Å². The number of amides is 1. The highest BCUT2D eigenvalue weighted by Crippen LogP contribution is 2.18. The number of carbonyl (C=O) groups is 1. The molecule has 1 aliphatic heterocycles. The third-order valence-electron chi connectivity index (χ3n) is 4.82. The largest absolute Gasteiger partial charge is 0.424 e. The van der Waals surface area contributed by atoms with Crippen LogP contribution in [-0.2, 0) is 11.2 Å². The Morgan fingerprint density at radius 1 is 1.17 bits per heavy atom. The van der Waals surface area contributed by atoms with E-state index in [1.807, 2.05) is 18.2 Å². The minimum atomic E-state index is -0.348. The fourth-order valence-electron chi connectivity index (χ4n) is 3.28. The van der Waals surface area contributed by atoms with E-state index in [1.165, 1.54) is 12.4 Å². The van der Waals surface area contributed by atoms with Gasteiger partial charge in [0.2, 0.25) is 11.9 Å². The summed E-state index contributed by atoms with van der Waals surface area (Å²) in [6.45, 7) is 3.51. The molecule has 0 atom stereocenters. The Labute approximate surface area is 173 Å². The van der Waals surface area contributed by atoms with Gasteiger partial charge in [-0.2, -0.15) is 0 Å². The Hall–Kier alpha value is -3.75. The highest BCUT2D eigenvalue weighted by Gasteiger charge is 2.18. The van der Waals surface area contributed by atoms with Crippen molar-refractivity contribution >= 4 is 17.5 Å². The Morgan fingerprint density at radius 2 is 1.87 bits per heavy atom. The lowest BCUT2D eigenvalue weighted by Crippen LogP contribution is -2.28. The quantitative estimate of drug-likeness (QED) is 0.646. The molecule has 4 rings (SSSR count). The fourth-order valence-corrected chi connectivity index (χ4v) is 3.28. The van der Waals surface area contributed by atoms with E-state index in [0.29, 0.717) is 28.6 Å². The van der Waals surface area contributed by atoms with Gasteiger partial charge in [-0.1, -0.05) is 18.2 Å². The summed E-state index contributed by atoms with van der Waals surface area (Å²) < 4.78 is 5.53. The highest BCUT2D eigenvalue weighted by atomic mass is 16.5. The maximum absolute atomic E-state index is 12.5. The second-order valence-corrected chi connectivity index (χ2v) is 7.04. The average Bonchev–Trinajstić information content (AvgIpc) is 3.28. The molecule has 0 spiro atoms. The van der Waals surface area contributed by atoms with Gasteiger partial charge in [-0.05, 0) is 31.9 Å². The van der Waals surface area contributed by atoms with Crippen molar-refractivity contribution in [2.45, 2.75) is 26.2 Å². The zero-order chi connectivity index (χ0) is 20.9. The van der Waals surface area contributed by atoms with Crippen molar-refractivity contribution in [3.05, 3.63) is 64.3 Å². The van der Waals surface area contributed by atoms with Crippen LogP contribution in [0.3, 0.4) is 0 Å². The molecule has 2 aromatic heterocycles. The van der Waals surface area contributed by atoms with Gasteiger partial charge in [-0.15, -0.1) is 0 Å².